The number of methoxy groups -OCH3 is 2. The molecule has 10 heteroatoms. The molecule has 0 bridgehead atoms. The number of hydrogen-bond donors (Lipinski definition) is 4. The highest BCUT2D eigenvalue weighted by atomic mass is 127. The lowest BCUT2D eigenvalue weighted by Crippen LogP contribution is -2.36. The smallest absolute Gasteiger partial charge is 0.251 e. The lowest BCUT2D eigenvalue weighted by atomic mass is 10.1. The average molecular weight is 541 g/mol. The Morgan fingerprint density at radius 2 is 1.65 bits per heavy atom. The molecular weight excluding hydrogens is 513 g/mol. The van der Waals surface area contributed by atoms with Gasteiger partial charge >= 0.3 is 0 Å². The monoisotopic (exact) mass is 541 g/mol. The highest BCUT2D eigenvalue weighted by Crippen LogP contribution is 2.24. The van der Waals surface area contributed by atoms with Crippen LogP contribution in [0.2, 0.25) is 0 Å². The van der Waals surface area contributed by atoms with Crippen LogP contribution in [0.25, 0.3) is 0 Å². The minimum Gasteiger partial charge on any atom is -0.497 e. The summed E-state index contributed by atoms with van der Waals surface area (Å²) in [6, 6.07) is 12.7. The summed E-state index contributed by atoms with van der Waals surface area (Å²) >= 11 is 0. The van der Waals surface area contributed by atoms with Gasteiger partial charge in [-0.05, 0) is 29.8 Å². The van der Waals surface area contributed by atoms with Crippen LogP contribution >= 0.6 is 24.0 Å². The van der Waals surface area contributed by atoms with E-state index in [0.717, 1.165) is 22.6 Å². The molecule has 0 radical (unpaired) electrons. The van der Waals surface area contributed by atoms with E-state index in [1.807, 2.05) is 30.3 Å². The third-order valence-corrected chi connectivity index (χ3v) is 4.26. The molecule has 2 rings (SSSR count). The average Bonchev–Trinajstić information content (AvgIpc) is 2.77. The molecule has 0 aromatic heterocycles. The number of carbonyl (C=O) groups excluding carboxylic acids is 2. The number of rotatable bonds is 9. The van der Waals surface area contributed by atoms with Crippen molar-refractivity contribution in [3.8, 4) is 11.5 Å². The Morgan fingerprint density at radius 1 is 0.968 bits per heavy atom. The highest BCUT2D eigenvalue weighted by molar-refractivity contribution is 14.0. The minimum absolute atomic E-state index is 0. The zero-order valence-corrected chi connectivity index (χ0v) is 20.1. The molecule has 0 atom stereocenters. The first-order valence-corrected chi connectivity index (χ1v) is 9.27. The number of hydrogen-bond acceptors (Lipinski definition) is 5. The molecule has 168 valence electrons. The lowest BCUT2D eigenvalue weighted by molar-refractivity contribution is -0.117. The van der Waals surface area contributed by atoms with Crippen LogP contribution in [0.1, 0.15) is 21.5 Å². The van der Waals surface area contributed by atoms with Gasteiger partial charge in [0.25, 0.3) is 5.91 Å². The Morgan fingerprint density at radius 3 is 2.23 bits per heavy atom. The quantitative estimate of drug-likeness (QED) is 0.216. The largest absolute Gasteiger partial charge is 0.497 e. The Kier molecular flexibility index (Phi) is 11.2. The van der Waals surface area contributed by atoms with Gasteiger partial charge in [-0.2, -0.15) is 0 Å². The molecule has 0 spiro atoms. The summed E-state index contributed by atoms with van der Waals surface area (Å²) < 4.78 is 10.6. The van der Waals surface area contributed by atoms with Crippen LogP contribution in [0.15, 0.2) is 47.5 Å². The molecular formula is C21H28IN5O4. The molecule has 0 fully saturated rings. The van der Waals surface area contributed by atoms with E-state index < -0.39 is 5.91 Å². The zero-order valence-electron chi connectivity index (χ0n) is 17.7. The first-order valence-electron chi connectivity index (χ1n) is 9.27. The number of ether oxygens (including phenoxy) is 2. The second-order valence-electron chi connectivity index (χ2n) is 6.30. The van der Waals surface area contributed by atoms with Gasteiger partial charge in [-0.25, -0.2) is 0 Å². The molecule has 2 amide bonds. The highest BCUT2D eigenvalue weighted by Gasteiger charge is 2.08. The molecule has 0 aliphatic rings. The third-order valence-electron chi connectivity index (χ3n) is 4.26. The summed E-state index contributed by atoms with van der Waals surface area (Å²) in [5.74, 6) is 1.14. The number of benzene rings is 2. The Bertz CT molecular complexity index is 903. The molecule has 0 aliphatic carbocycles. The van der Waals surface area contributed by atoms with Crippen LogP contribution in [0.3, 0.4) is 0 Å². The number of primary amides is 1. The number of carbonyl (C=O) groups is 2. The Labute approximate surface area is 198 Å². The predicted molar refractivity (Wildman–Crippen MR) is 130 cm³/mol. The molecule has 0 unspecified atom stereocenters. The van der Waals surface area contributed by atoms with Crippen LogP contribution in [0, 0.1) is 0 Å². The van der Waals surface area contributed by atoms with Crippen molar-refractivity contribution in [1.29, 1.82) is 0 Å². The van der Waals surface area contributed by atoms with Crippen molar-refractivity contribution in [2.24, 2.45) is 10.7 Å². The Balaban J connectivity index is 0.00000480. The van der Waals surface area contributed by atoms with Crippen molar-refractivity contribution in [3.63, 3.8) is 0 Å². The van der Waals surface area contributed by atoms with Crippen molar-refractivity contribution in [3.05, 3.63) is 59.2 Å². The standard InChI is InChI=1S/C21H27N5O4.HI/c1-23-21(26-12-16-8-9-17(29-2)10-18(16)30-3)25-11-14-4-6-15(7-5-14)20(28)24-13-19(22)27;/h4-10H,11-13H2,1-3H3,(H2,22,27)(H,24,28)(H2,23,25,26);1H. The van der Waals surface area contributed by atoms with Crippen LogP contribution < -0.4 is 31.2 Å². The molecule has 2 aromatic carbocycles. The van der Waals surface area contributed by atoms with Gasteiger partial charge in [0.15, 0.2) is 5.96 Å². The number of amides is 2. The van der Waals surface area contributed by atoms with E-state index in [0.29, 0.717) is 24.6 Å². The summed E-state index contributed by atoms with van der Waals surface area (Å²) in [6.45, 7) is 0.845. The maximum absolute atomic E-state index is 11.9. The molecule has 0 saturated carbocycles. The van der Waals surface area contributed by atoms with Crippen LogP contribution in [-0.4, -0.2) is 45.6 Å². The molecule has 9 nitrogen and oxygen atoms in total. The predicted octanol–water partition coefficient (Wildman–Crippen LogP) is 1.40. The van der Waals surface area contributed by atoms with Gasteiger partial charge in [0.05, 0.1) is 20.8 Å². The van der Waals surface area contributed by atoms with E-state index in [9.17, 15) is 9.59 Å². The SMILES string of the molecule is CN=C(NCc1ccc(C(=O)NCC(N)=O)cc1)NCc1ccc(OC)cc1OC.I. The van der Waals surface area contributed by atoms with E-state index in [2.05, 4.69) is 20.9 Å². The van der Waals surface area contributed by atoms with Crippen molar-refractivity contribution in [2.75, 3.05) is 27.8 Å². The molecule has 31 heavy (non-hydrogen) atoms. The van der Waals surface area contributed by atoms with Gasteiger partial charge in [-0.1, -0.05) is 12.1 Å². The fraction of sp³-hybridized carbons (Fsp3) is 0.286. The zero-order chi connectivity index (χ0) is 21.9. The summed E-state index contributed by atoms with van der Waals surface area (Å²) in [4.78, 5) is 26.9. The van der Waals surface area contributed by atoms with Crippen LogP contribution in [0.4, 0.5) is 0 Å². The molecule has 0 heterocycles. The van der Waals surface area contributed by atoms with Gasteiger partial charge in [0.1, 0.15) is 11.5 Å². The van der Waals surface area contributed by atoms with E-state index in [-0.39, 0.29) is 36.4 Å². The van der Waals surface area contributed by atoms with Crippen molar-refractivity contribution >= 4 is 41.8 Å². The lowest BCUT2D eigenvalue weighted by Gasteiger charge is -2.14. The fourth-order valence-electron chi connectivity index (χ4n) is 2.63. The maximum Gasteiger partial charge on any atom is 0.251 e. The van der Waals surface area contributed by atoms with E-state index in [1.54, 1.807) is 33.4 Å². The molecule has 0 saturated heterocycles. The second-order valence-corrected chi connectivity index (χ2v) is 6.30. The van der Waals surface area contributed by atoms with Gasteiger partial charge < -0.3 is 31.2 Å². The van der Waals surface area contributed by atoms with Crippen molar-refractivity contribution in [2.45, 2.75) is 13.1 Å². The first kappa shape index (κ1) is 26.0. The summed E-state index contributed by atoms with van der Waals surface area (Å²) in [5, 5.41) is 8.90. The number of aliphatic imine (C=N–C) groups is 1. The summed E-state index contributed by atoms with van der Waals surface area (Å²) in [6.07, 6.45) is 0. The first-order chi connectivity index (χ1) is 14.5. The molecule has 5 N–H and O–H groups in total. The normalized spacial score (nSPS) is 10.5. The number of guanidine groups is 1. The second kappa shape index (κ2) is 13.3. The van der Waals surface area contributed by atoms with Crippen molar-refractivity contribution in [1.82, 2.24) is 16.0 Å². The number of nitrogens with two attached hydrogens (primary N) is 1. The minimum atomic E-state index is -0.588. The summed E-state index contributed by atoms with van der Waals surface area (Å²) in [5.41, 5.74) is 7.41. The van der Waals surface area contributed by atoms with E-state index in [1.165, 1.54) is 0 Å². The number of nitrogens with zero attached hydrogens (tertiary/aromatic N) is 1. The Hall–Kier alpha value is -3.02. The fourth-order valence-corrected chi connectivity index (χ4v) is 2.63. The maximum atomic E-state index is 11.9. The molecule has 0 aliphatic heterocycles. The van der Waals surface area contributed by atoms with Gasteiger partial charge in [0.2, 0.25) is 5.91 Å². The van der Waals surface area contributed by atoms with Crippen LogP contribution in [0.5, 0.6) is 11.5 Å². The number of nitrogens with one attached hydrogen (secondary N) is 3. The van der Waals surface area contributed by atoms with Crippen molar-refractivity contribution < 1.29 is 19.1 Å². The van der Waals surface area contributed by atoms with Gasteiger partial charge in [-0.3, -0.25) is 14.6 Å². The van der Waals surface area contributed by atoms with Crippen LogP contribution in [-0.2, 0) is 17.9 Å². The van der Waals surface area contributed by atoms with E-state index >= 15 is 0 Å². The molecule has 2 aromatic rings. The van der Waals surface area contributed by atoms with Gasteiger partial charge in [-0.15, -0.1) is 24.0 Å². The third kappa shape index (κ3) is 8.32. The topological polar surface area (TPSA) is 127 Å². The van der Waals surface area contributed by atoms with Gasteiger partial charge in [0, 0.05) is 37.3 Å². The number of halogens is 1. The summed E-state index contributed by atoms with van der Waals surface area (Å²) in [7, 11) is 4.91. The van der Waals surface area contributed by atoms with E-state index in [4.69, 9.17) is 15.2 Å².